The lowest BCUT2D eigenvalue weighted by Crippen LogP contribution is -2.43. The van der Waals surface area contributed by atoms with E-state index in [1.807, 2.05) is 0 Å². The van der Waals surface area contributed by atoms with E-state index in [0.29, 0.717) is 4.31 Å². The Hall–Kier alpha value is -0.960. The Labute approximate surface area is 116 Å². The third-order valence-corrected chi connectivity index (χ3v) is 4.43. The summed E-state index contributed by atoms with van der Waals surface area (Å²) in [5.74, 6) is -3.68. The number of nitrogens with zero attached hydrogens (tertiary/aromatic N) is 1. The molecule has 2 atom stereocenters. The summed E-state index contributed by atoms with van der Waals surface area (Å²) in [6.45, 7) is 4.43. The molecular weight excluding hydrogens is 296 g/mol. The van der Waals surface area contributed by atoms with Gasteiger partial charge in [-0.3, -0.25) is 4.18 Å². The number of hydrogen-bond donors (Lipinski definition) is 0. The van der Waals surface area contributed by atoms with Gasteiger partial charge in [-0.05, 0) is 27.2 Å². The molecule has 1 saturated carbocycles. The topological polar surface area (TPSA) is 72.9 Å². The summed E-state index contributed by atoms with van der Waals surface area (Å²) in [5.41, 5.74) is -0.886. The molecule has 2 fully saturated rings. The van der Waals surface area contributed by atoms with Crippen molar-refractivity contribution in [1.82, 2.24) is 4.31 Å². The SMILES string of the molecule is CC(C)(C)OC(=O)N1C(CC2CC2(F)F)COS1(=O)=O. The summed E-state index contributed by atoms with van der Waals surface area (Å²) in [6.07, 6.45) is -1.50. The van der Waals surface area contributed by atoms with E-state index in [-0.39, 0.29) is 19.4 Å². The minimum absolute atomic E-state index is 0.120. The third-order valence-electron chi connectivity index (χ3n) is 3.07. The first kappa shape index (κ1) is 15.4. The van der Waals surface area contributed by atoms with Gasteiger partial charge in [0, 0.05) is 12.3 Å². The first-order valence-electron chi connectivity index (χ1n) is 6.22. The minimum Gasteiger partial charge on any atom is -0.443 e. The van der Waals surface area contributed by atoms with Gasteiger partial charge < -0.3 is 4.74 Å². The minimum atomic E-state index is -4.25. The predicted molar refractivity (Wildman–Crippen MR) is 64.4 cm³/mol. The molecule has 0 aromatic carbocycles. The maximum absolute atomic E-state index is 12.9. The molecule has 20 heavy (non-hydrogen) atoms. The Morgan fingerprint density at radius 2 is 2.00 bits per heavy atom. The smallest absolute Gasteiger partial charge is 0.426 e. The summed E-state index contributed by atoms with van der Waals surface area (Å²) in [4.78, 5) is 11.9. The Morgan fingerprint density at radius 3 is 2.45 bits per heavy atom. The highest BCUT2D eigenvalue weighted by Crippen LogP contribution is 2.52. The second kappa shape index (κ2) is 4.52. The van der Waals surface area contributed by atoms with Crippen molar-refractivity contribution in [2.75, 3.05) is 6.61 Å². The van der Waals surface area contributed by atoms with E-state index in [0.717, 1.165) is 0 Å². The van der Waals surface area contributed by atoms with Gasteiger partial charge in [0.25, 0.3) is 5.92 Å². The van der Waals surface area contributed by atoms with Crippen LogP contribution in [0.25, 0.3) is 0 Å². The van der Waals surface area contributed by atoms with Crippen LogP contribution >= 0.6 is 0 Å². The summed E-state index contributed by atoms with van der Waals surface area (Å²) >= 11 is 0. The molecule has 0 radical (unpaired) electrons. The molecule has 1 aliphatic heterocycles. The molecule has 0 spiro atoms. The maximum Gasteiger partial charge on any atom is 0.426 e. The van der Waals surface area contributed by atoms with Crippen LogP contribution in [0.4, 0.5) is 13.6 Å². The molecule has 0 aromatic rings. The Bertz CT molecular complexity index is 513. The molecule has 0 aromatic heterocycles. The summed E-state index contributed by atoms with van der Waals surface area (Å²) < 4.78 is 59.2. The van der Waals surface area contributed by atoms with Crippen LogP contribution in [0.15, 0.2) is 0 Å². The first-order chi connectivity index (χ1) is 8.92. The predicted octanol–water partition coefficient (Wildman–Crippen LogP) is 1.91. The maximum atomic E-state index is 12.9. The molecule has 9 heteroatoms. The fourth-order valence-electron chi connectivity index (χ4n) is 2.04. The normalized spacial score (nSPS) is 31.1. The van der Waals surface area contributed by atoms with Crippen molar-refractivity contribution in [1.29, 1.82) is 0 Å². The van der Waals surface area contributed by atoms with E-state index in [4.69, 9.17) is 4.74 Å². The van der Waals surface area contributed by atoms with E-state index in [2.05, 4.69) is 4.18 Å². The van der Waals surface area contributed by atoms with E-state index in [9.17, 15) is 22.0 Å². The lowest BCUT2D eigenvalue weighted by atomic mass is 10.1. The highest BCUT2D eigenvalue weighted by atomic mass is 32.2. The Balaban J connectivity index is 2.10. The zero-order valence-electron chi connectivity index (χ0n) is 11.4. The third kappa shape index (κ3) is 3.20. The fraction of sp³-hybridized carbons (Fsp3) is 0.909. The molecule has 1 saturated heterocycles. The van der Waals surface area contributed by atoms with Crippen molar-refractivity contribution < 1.29 is 30.9 Å². The zero-order chi connectivity index (χ0) is 15.3. The van der Waals surface area contributed by atoms with Crippen LogP contribution in [-0.4, -0.2) is 43.0 Å². The summed E-state index contributed by atoms with van der Waals surface area (Å²) in [6, 6.07) is -0.937. The van der Waals surface area contributed by atoms with Crippen LogP contribution in [0.2, 0.25) is 0 Å². The van der Waals surface area contributed by atoms with Crippen LogP contribution in [0.3, 0.4) is 0 Å². The van der Waals surface area contributed by atoms with Gasteiger partial charge in [0.2, 0.25) is 0 Å². The molecule has 1 amide bonds. The number of carbonyl (C=O) groups is 1. The second-order valence-electron chi connectivity index (χ2n) is 6.07. The van der Waals surface area contributed by atoms with Crippen molar-refractivity contribution in [3.8, 4) is 0 Å². The summed E-state index contributed by atoms with van der Waals surface area (Å²) in [7, 11) is -4.25. The van der Waals surface area contributed by atoms with Gasteiger partial charge in [-0.1, -0.05) is 0 Å². The van der Waals surface area contributed by atoms with Gasteiger partial charge in [-0.15, -0.1) is 0 Å². The van der Waals surface area contributed by atoms with Crippen molar-refractivity contribution in [2.45, 2.75) is 51.2 Å². The van der Waals surface area contributed by atoms with E-state index >= 15 is 0 Å². The molecule has 2 unspecified atom stereocenters. The standard InChI is InChI=1S/C11H17F2NO5S/c1-10(2,3)19-9(15)14-8(6-18-20(14,16)17)4-7-5-11(7,12)13/h7-8H,4-6H2,1-3H3. The van der Waals surface area contributed by atoms with Crippen molar-refractivity contribution in [3.05, 3.63) is 0 Å². The van der Waals surface area contributed by atoms with Gasteiger partial charge in [0.05, 0.1) is 12.6 Å². The number of amides is 1. The second-order valence-corrected chi connectivity index (χ2v) is 7.55. The van der Waals surface area contributed by atoms with Gasteiger partial charge >= 0.3 is 16.4 Å². The van der Waals surface area contributed by atoms with Crippen molar-refractivity contribution in [2.24, 2.45) is 5.92 Å². The highest BCUT2D eigenvalue weighted by Gasteiger charge is 2.59. The van der Waals surface area contributed by atoms with E-state index < -0.39 is 39.9 Å². The number of hydrogen-bond acceptors (Lipinski definition) is 5. The largest absolute Gasteiger partial charge is 0.443 e. The van der Waals surface area contributed by atoms with Crippen LogP contribution in [0.5, 0.6) is 0 Å². The number of ether oxygens (including phenoxy) is 1. The van der Waals surface area contributed by atoms with Crippen molar-refractivity contribution in [3.63, 3.8) is 0 Å². The fourth-order valence-corrected chi connectivity index (χ4v) is 3.21. The monoisotopic (exact) mass is 313 g/mol. The summed E-state index contributed by atoms with van der Waals surface area (Å²) in [5, 5.41) is 0. The van der Waals surface area contributed by atoms with Crippen LogP contribution < -0.4 is 0 Å². The average Bonchev–Trinajstić information content (AvgIpc) is 2.65. The highest BCUT2D eigenvalue weighted by molar-refractivity contribution is 7.85. The number of rotatable bonds is 2. The zero-order valence-corrected chi connectivity index (χ0v) is 12.2. The van der Waals surface area contributed by atoms with Gasteiger partial charge in [0.15, 0.2) is 0 Å². The molecule has 0 bridgehead atoms. The van der Waals surface area contributed by atoms with Crippen LogP contribution in [0, 0.1) is 5.92 Å². The van der Waals surface area contributed by atoms with Crippen LogP contribution in [0.1, 0.15) is 33.6 Å². The number of halogens is 2. The lowest BCUT2D eigenvalue weighted by molar-refractivity contribution is 0.0331. The van der Waals surface area contributed by atoms with Gasteiger partial charge in [0.1, 0.15) is 5.60 Å². The molecule has 116 valence electrons. The molecule has 1 heterocycles. The molecular formula is C11H17F2NO5S. The van der Waals surface area contributed by atoms with E-state index in [1.165, 1.54) is 0 Å². The van der Waals surface area contributed by atoms with Gasteiger partial charge in [-0.2, -0.15) is 12.7 Å². The molecule has 2 rings (SSSR count). The molecule has 2 aliphatic rings. The van der Waals surface area contributed by atoms with Gasteiger partial charge in [-0.25, -0.2) is 13.6 Å². The quantitative estimate of drug-likeness (QED) is 0.778. The average molecular weight is 313 g/mol. The van der Waals surface area contributed by atoms with E-state index in [1.54, 1.807) is 20.8 Å². The Morgan fingerprint density at radius 1 is 1.45 bits per heavy atom. The number of alkyl halides is 2. The van der Waals surface area contributed by atoms with Crippen LogP contribution in [-0.2, 0) is 19.2 Å². The number of carbonyl (C=O) groups excluding carboxylic acids is 1. The van der Waals surface area contributed by atoms with Crippen molar-refractivity contribution >= 4 is 16.4 Å². The Kier molecular flexibility index (Phi) is 3.49. The molecule has 1 aliphatic carbocycles. The molecule has 0 N–H and O–H groups in total. The first-order valence-corrected chi connectivity index (χ1v) is 7.58. The lowest BCUT2D eigenvalue weighted by Gasteiger charge is -2.25. The molecule has 6 nitrogen and oxygen atoms in total.